The molecule has 7 nitrogen and oxygen atoms in total. The fourth-order valence-corrected chi connectivity index (χ4v) is 8.17. The van der Waals surface area contributed by atoms with Gasteiger partial charge in [-0.1, -0.05) is 25.0 Å². The molecule has 2 aromatic carbocycles. The summed E-state index contributed by atoms with van der Waals surface area (Å²) in [5.74, 6) is -2.28. The Bertz CT molecular complexity index is 1610. The smallest absolute Gasteiger partial charge is 0.225 e. The summed E-state index contributed by atoms with van der Waals surface area (Å²) in [5.41, 5.74) is 2.28. The van der Waals surface area contributed by atoms with E-state index < -0.39 is 27.0 Å². The van der Waals surface area contributed by atoms with Crippen LogP contribution in [0, 0.1) is 28.9 Å². The monoisotopic (exact) mass is 596 g/mol. The fourth-order valence-electron chi connectivity index (χ4n) is 5.83. The van der Waals surface area contributed by atoms with Crippen LogP contribution >= 0.6 is 11.3 Å². The molecule has 0 radical (unpaired) electrons. The first-order valence-corrected chi connectivity index (χ1v) is 16.6. The van der Waals surface area contributed by atoms with Crippen LogP contribution in [0.2, 0.25) is 0 Å². The maximum absolute atomic E-state index is 14.2. The van der Waals surface area contributed by atoms with Crippen molar-refractivity contribution in [2.24, 2.45) is 5.92 Å². The van der Waals surface area contributed by atoms with Crippen LogP contribution in [-0.4, -0.2) is 49.4 Å². The Morgan fingerprint density at radius 3 is 2.37 bits per heavy atom. The molecule has 214 valence electrons. The van der Waals surface area contributed by atoms with Gasteiger partial charge in [-0.15, -0.1) is 11.3 Å². The largest absolute Gasteiger partial charge is 0.369 e. The van der Waals surface area contributed by atoms with Gasteiger partial charge >= 0.3 is 0 Å². The summed E-state index contributed by atoms with van der Waals surface area (Å²) in [6, 6.07) is 13.8. The van der Waals surface area contributed by atoms with Gasteiger partial charge in [-0.2, -0.15) is 5.26 Å². The number of thiazole rings is 1. The van der Waals surface area contributed by atoms with E-state index in [9.17, 15) is 27.3 Å². The summed E-state index contributed by atoms with van der Waals surface area (Å²) in [6.45, 7) is 0.883. The molecule has 2 atom stereocenters. The molecule has 3 aromatic rings. The summed E-state index contributed by atoms with van der Waals surface area (Å²) in [7, 11) is -2.99. The van der Waals surface area contributed by atoms with Gasteiger partial charge in [0.05, 0.1) is 28.1 Å². The number of sulfone groups is 1. The van der Waals surface area contributed by atoms with Gasteiger partial charge in [0, 0.05) is 36.2 Å². The number of aromatic nitrogens is 1. The Balaban J connectivity index is 1.36. The average molecular weight is 597 g/mol. The Morgan fingerprint density at radius 2 is 1.71 bits per heavy atom. The van der Waals surface area contributed by atoms with Crippen molar-refractivity contribution in [1.82, 2.24) is 10.3 Å². The molecule has 2 unspecified atom stereocenters. The van der Waals surface area contributed by atoms with Gasteiger partial charge in [0.1, 0.15) is 10.5 Å². The maximum atomic E-state index is 14.2. The summed E-state index contributed by atoms with van der Waals surface area (Å²) < 4.78 is 51.6. The van der Waals surface area contributed by atoms with E-state index in [4.69, 9.17) is 4.98 Å². The van der Waals surface area contributed by atoms with Gasteiger partial charge in [-0.3, -0.25) is 4.79 Å². The zero-order valence-corrected chi connectivity index (χ0v) is 24.0. The van der Waals surface area contributed by atoms with Crippen LogP contribution in [-0.2, 0) is 14.6 Å². The third-order valence-electron chi connectivity index (χ3n) is 8.44. The standard InChI is InChI=1S/C30H30F2N4O3S2/c31-24-10-7-20(17-25(24)32)29-34-26(22-3-1-2-4-23(22)28(37)35-30(18-33)11-12-30)27(40-29)19-5-8-21(9-6-19)36-13-15-41(38,39)16-14-36/h5-10,17,22-23H,1-4,11-16H2,(H,35,37). The molecular weight excluding hydrogens is 566 g/mol. The molecule has 11 heteroatoms. The normalized spacial score (nSPS) is 23.0. The van der Waals surface area contributed by atoms with Crippen molar-refractivity contribution in [3.05, 3.63) is 59.8 Å². The van der Waals surface area contributed by atoms with Gasteiger partial charge < -0.3 is 10.2 Å². The highest BCUT2D eigenvalue weighted by molar-refractivity contribution is 7.91. The zero-order valence-electron chi connectivity index (χ0n) is 22.4. The Kier molecular flexibility index (Phi) is 7.32. The number of rotatable bonds is 6. The number of hydrogen-bond acceptors (Lipinski definition) is 7. The zero-order chi connectivity index (χ0) is 28.8. The minimum absolute atomic E-state index is 0.127. The summed E-state index contributed by atoms with van der Waals surface area (Å²) in [4.78, 5) is 21.3. The third kappa shape index (κ3) is 5.72. The van der Waals surface area contributed by atoms with E-state index in [1.165, 1.54) is 17.4 Å². The highest BCUT2D eigenvalue weighted by atomic mass is 32.2. The second-order valence-corrected chi connectivity index (χ2v) is 14.5. The number of nitrogens with zero attached hydrogens (tertiary/aromatic N) is 3. The van der Waals surface area contributed by atoms with Crippen molar-refractivity contribution in [2.75, 3.05) is 29.5 Å². The minimum Gasteiger partial charge on any atom is -0.369 e. The highest BCUT2D eigenvalue weighted by Crippen LogP contribution is 2.47. The number of hydrogen-bond donors (Lipinski definition) is 1. The van der Waals surface area contributed by atoms with E-state index in [1.807, 2.05) is 24.3 Å². The van der Waals surface area contributed by atoms with Gasteiger partial charge in [0.15, 0.2) is 21.5 Å². The lowest BCUT2D eigenvalue weighted by Gasteiger charge is -2.31. The average Bonchev–Trinajstić information content (AvgIpc) is 3.61. The molecule has 3 aliphatic rings. The van der Waals surface area contributed by atoms with Crippen LogP contribution in [0.1, 0.15) is 50.1 Å². The topological polar surface area (TPSA) is 103 Å². The first kappa shape index (κ1) is 27.8. The van der Waals surface area contributed by atoms with Crippen molar-refractivity contribution in [1.29, 1.82) is 5.26 Å². The number of anilines is 1. The minimum atomic E-state index is -2.99. The lowest BCUT2D eigenvalue weighted by molar-refractivity contribution is -0.127. The molecular formula is C30H30F2N4O3S2. The number of halogens is 2. The van der Waals surface area contributed by atoms with Gasteiger partial charge in [0.25, 0.3) is 0 Å². The first-order valence-electron chi connectivity index (χ1n) is 13.9. The number of amides is 1. The molecule has 0 bridgehead atoms. The molecule has 1 N–H and O–H groups in total. The second-order valence-electron chi connectivity index (χ2n) is 11.2. The van der Waals surface area contributed by atoms with E-state index in [1.54, 1.807) is 0 Å². The van der Waals surface area contributed by atoms with Crippen molar-refractivity contribution >= 4 is 32.8 Å². The van der Waals surface area contributed by atoms with Crippen LogP contribution in [0.3, 0.4) is 0 Å². The summed E-state index contributed by atoms with van der Waals surface area (Å²) in [6.07, 6.45) is 4.60. The molecule has 0 spiro atoms. The molecule has 1 amide bonds. The van der Waals surface area contributed by atoms with E-state index in [-0.39, 0.29) is 29.2 Å². The van der Waals surface area contributed by atoms with Crippen molar-refractivity contribution in [3.63, 3.8) is 0 Å². The SMILES string of the molecule is N#CC1(NC(=O)C2CCCCC2c2nc(-c3ccc(F)c(F)c3)sc2-c2ccc(N3CCS(=O)(=O)CC3)cc2)CC1. The highest BCUT2D eigenvalue weighted by Gasteiger charge is 2.47. The Labute approximate surface area is 242 Å². The van der Waals surface area contributed by atoms with Crippen molar-refractivity contribution in [2.45, 2.75) is 50.0 Å². The maximum Gasteiger partial charge on any atom is 0.225 e. The molecule has 2 saturated carbocycles. The van der Waals surface area contributed by atoms with E-state index in [0.29, 0.717) is 42.9 Å². The van der Waals surface area contributed by atoms with Gasteiger partial charge in [-0.25, -0.2) is 22.2 Å². The van der Waals surface area contributed by atoms with Gasteiger partial charge in [-0.05, 0) is 61.6 Å². The van der Waals surface area contributed by atoms with Crippen LogP contribution < -0.4 is 10.2 Å². The van der Waals surface area contributed by atoms with Crippen LogP contribution in [0.25, 0.3) is 21.0 Å². The first-order chi connectivity index (χ1) is 19.7. The van der Waals surface area contributed by atoms with E-state index >= 15 is 0 Å². The quantitative estimate of drug-likeness (QED) is 0.407. The molecule has 1 aromatic heterocycles. The molecule has 1 aliphatic heterocycles. The van der Waals surface area contributed by atoms with E-state index in [2.05, 4.69) is 16.3 Å². The molecule has 41 heavy (non-hydrogen) atoms. The van der Waals surface area contributed by atoms with E-state index in [0.717, 1.165) is 53.2 Å². The molecule has 3 fully saturated rings. The predicted octanol–water partition coefficient (Wildman–Crippen LogP) is 5.44. The van der Waals surface area contributed by atoms with Gasteiger partial charge in [0.2, 0.25) is 5.91 Å². The lowest BCUT2D eigenvalue weighted by atomic mass is 9.76. The number of carbonyl (C=O) groups excluding carboxylic acids is 1. The second kappa shape index (κ2) is 10.8. The van der Waals surface area contributed by atoms with Crippen LogP contribution in [0.4, 0.5) is 14.5 Å². The van der Waals surface area contributed by atoms with Crippen LogP contribution in [0.5, 0.6) is 0 Å². The Hall–Kier alpha value is -3.36. The molecule has 2 aliphatic carbocycles. The van der Waals surface area contributed by atoms with Crippen molar-refractivity contribution < 1.29 is 22.0 Å². The number of nitriles is 1. The molecule has 2 heterocycles. The van der Waals surface area contributed by atoms with Crippen LogP contribution in [0.15, 0.2) is 42.5 Å². The number of benzene rings is 2. The summed E-state index contributed by atoms with van der Waals surface area (Å²) in [5, 5.41) is 13.1. The lowest BCUT2D eigenvalue weighted by Crippen LogP contribution is -2.42. The number of nitrogens with one attached hydrogen (secondary N) is 1. The van der Waals surface area contributed by atoms with Crippen molar-refractivity contribution in [3.8, 4) is 27.1 Å². The predicted molar refractivity (Wildman–Crippen MR) is 154 cm³/mol. The summed E-state index contributed by atoms with van der Waals surface area (Å²) >= 11 is 1.38. The third-order valence-corrected chi connectivity index (χ3v) is 11.2. The number of carbonyl (C=O) groups is 1. The molecule has 1 saturated heterocycles. The fraction of sp³-hybridized carbons (Fsp3) is 0.433. The Morgan fingerprint density at radius 1 is 1.02 bits per heavy atom. The molecule has 6 rings (SSSR count).